The van der Waals surface area contributed by atoms with Crippen LogP contribution >= 0.6 is 11.6 Å². The second-order valence-corrected chi connectivity index (χ2v) is 4.31. The third-order valence-corrected chi connectivity index (χ3v) is 3.31. The number of hydrogen-bond acceptors (Lipinski definition) is 3. The lowest BCUT2D eigenvalue weighted by Gasteiger charge is -2.27. The SMILES string of the molecule is OCc1cccc(CN2CCOCC2)c1Cl. The van der Waals surface area contributed by atoms with Crippen molar-refractivity contribution in [3.63, 3.8) is 0 Å². The van der Waals surface area contributed by atoms with Crippen LogP contribution in [-0.2, 0) is 17.9 Å². The van der Waals surface area contributed by atoms with Crippen molar-refractivity contribution in [2.45, 2.75) is 13.2 Å². The van der Waals surface area contributed by atoms with E-state index >= 15 is 0 Å². The molecule has 2 rings (SSSR count). The minimum Gasteiger partial charge on any atom is -0.392 e. The summed E-state index contributed by atoms with van der Waals surface area (Å²) in [5, 5.41) is 9.82. The van der Waals surface area contributed by atoms with Crippen molar-refractivity contribution in [2.24, 2.45) is 0 Å². The molecule has 88 valence electrons. The lowest BCUT2D eigenvalue weighted by molar-refractivity contribution is 0.0342. The van der Waals surface area contributed by atoms with E-state index < -0.39 is 0 Å². The number of aliphatic hydroxyl groups is 1. The Morgan fingerprint density at radius 1 is 1.25 bits per heavy atom. The molecule has 0 spiro atoms. The molecular formula is C12H16ClNO2. The van der Waals surface area contributed by atoms with Crippen LogP contribution in [0.2, 0.25) is 5.02 Å². The summed E-state index contributed by atoms with van der Waals surface area (Å²) in [6.07, 6.45) is 0. The van der Waals surface area contributed by atoms with Gasteiger partial charge >= 0.3 is 0 Å². The number of rotatable bonds is 3. The maximum Gasteiger partial charge on any atom is 0.0696 e. The summed E-state index contributed by atoms with van der Waals surface area (Å²) in [7, 11) is 0. The lowest BCUT2D eigenvalue weighted by atomic mass is 10.1. The molecule has 1 aromatic carbocycles. The van der Waals surface area contributed by atoms with E-state index in [0.717, 1.165) is 44.0 Å². The van der Waals surface area contributed by atoms with E-state index in [1.165, 1.54) is 0 Å². The quantitative estimate of drug-likeness (QED) is 0.874. The average Bonchev–Trinajstić information content (AvgIpc) is 2.33. The molecule has 16 heavy (non-hydrogen) atoms. The number of hydrogen-bond donors (Lipinski definition) is 1. The normalized spacial score (nSPS) is 17.6. The average molecular weight is 242 g/mol. The first-order chi connectivity index (χ1) is 7.81. The third-order valence-electron chi connectivity index (χ3n) is 2.83. The monoisotopic (exact) mass is 241 g/mol. The van der Waals surface area contributed by atoms with Crippen LogP contribution in [0.15, 0.2) is 18.2 Å². The highest BCUT2D eigenvalue weighted by Crippen LogP contribution is 2.22. The van der Waals surface area contributed by atoms with Gasteiger partial charge in [-0.05, 0) is 11.1 Å². The predicted molar refractivity (Wildman–Crippen MR) is 63.5 cm³/mol. The van der Waals surface area contributed by atoms with Crippen molar-refractivity contribution in [2.75, 3.05) is 26.3 Å². The van der Waals surface area contributed by atoms with Gasteiger partial charge in [-0.25, -0.2) is 0 Å². The van der Waals surface area contributed by atoms with Gasteiger partial charge in [-0.15, -0.1) is 0 Å². The second kappa shape index (κ2) is 5.64. The molecule has 1 N–H and O–H groups in total. The zero-order valence-electron chi connectivity index (χ0n) is 9.16. The fraction of sp³-hybridized carbons (Fsp3) is 0.500. The Morgan fingerprint density at radius 2 is 1.94 bits per heavy atom. The Bertz CT molecular complexity index is 351. The Hall–Kier alpha value is -0.610. The molecule has 1 aliphatic rings. The van der Waals surface area contributed by atoms with Gasteiger partial charge in [-0.3, -0.25) is 4.90 Å². The Labute approximate surface area is 101 Å². The summed E-state index contributed by atoms with van der Waals surface area (Å²) in [5.74, 6) is 0. The molecular weight excluding hydrogens is 226 g/mol. The van der Waals surface area contributed by atoms with Crippen LogP contribution in [0.1, 0.15) is 11.1 Å². The van der Waals surface area contributed by atoms with Gasteiger partial charge in [0.2, 0.25) is 0 Å². The van der Waals surface area contributed by atoms with Crippen LogP contribution in [0.5, 0.6) is 0 Å². The molecule has 0 amide bonds. The number of nitrogens with zero attached hydrogens (tertiary/aromatic N) is 1. The van der Waals surface area contributed by atoms with Crippen LogP contribution in [0.3, 0.4) is 0 Å². The molecule has 1 saturated heterocycles. The first-order valence-electron chi connectivity index (χ1n) is 5.48. The first-order valence-corrected chi connectivity index (χ1v) is 5.86. The van der Waals surface area contributed by atoms with Crippen molar-refractivity contribution in [1.82, 2.24) is 4.90 Å². The van der Waals surface area contributed by atoms with E-state index in [0.29, 0.717) is 5.02 Å². The molecule has 0 aliphatic carbocycles. The van der Waals surface area contributed by atoms with Crippen LogP contribution < -0.4 is 0 Å². The Kier molecular flexibility index (Phi) is 4.18. The summed E-state index contributed by atoms with van der Waals surface area (Å²) >= 11 is 6.21. The molecule has 0 unspecified atom stereocenters. The van der Waals surface area contributed by atoms with Crippen molar-refractivity contribution in [1.29, 1.82) is 0 Å². The summed E-state index contributed by atoms with van der Waals surface area (Å²) in [4.78, 5) is 2.31. The Balaban J connectivity index is 2.08. The van der Waals surface area contributed by atoms with Crippen LogP contribution in [0.25, 0.3) is 0 Å². The van der Waals surface area contributed by atoms with Crippen LogP contribution in [-0.4, -0.2) is 36.3 Å². The van der Waals surface area contributed by atoms with Gasteiger partial charge in [-0.1, -0.05) is 29.8 Å². The summed E-state index contributed by atoms with van der Waals surface area (Å²) in [6.45, 7) is 4.29. The van der Waals surface area contributed by atoms with E-state index in [1.807, 2.05) is 18.2 Å². The molecule has 0 saturated carbocycles. The first kappa shape index (κ1) is 11.9. The van der Waals surface area contributed by atoms with Crippen molar-refractivity contribution >= 4 is 11.6 Å². The van der Waals surface area contributed by atoms with Crippen molar-refractivity contribution in [3.8, 4) is 0 Å². The number of halogens is 1. The van der Waals surface area contributed by atoms with E-state index in [-0.39, 0.29) is 6.61 Å². The molecule has 1 fully saturated rings. The maximum atomic E-state index is 9.13. The molecule has 0 radical (unpaired) electrons. The minimum absolute atomic E-state index is 0.00418. The second-order valence-electron chi connectivity index (χ2n) is 3.94. The topological polar surface area (TPSA) is 32.7 Å². The van der Waals surface area contributed by atoms with E-state index in [4.69, 9.17) is 21.4 Å². The minimum atomic E-state index is -0.00418. The summed E-state index contributed by atoms with van der Waals surface area (Å²) in [6, 6.07) is 5.80. The summed E-state index contributed by atoms with van der Waals surface area (Å²) in [5.41, 5.74) is 1.88. The van der Waals surface area contributed by atoms with Crippen molar-refractivity contribution in [3.05, 3.63) is 34.3 Å². The molecule has 3 nitrogen and oxygen atoms in total. The number of aliphatic hydroxyl groups excluding tert-OH is 1. The van der Waals surface area contributed by atoms with E-state index in [1.54, 1.807) is 0 Å². The molecule has 4 heteroatoms. The van der Waals surface area contributed by atoms with Gasteiger partial charge in [0.15, 0.2) is 0 Å². The smallest absolute Gasteiger partial charge is 0.0696 e. The number of morpholine rings is 1. The highest BCUT2D eigenvalue weighted by Gasteiger charge is 2.13. The van der Waals surface area contributed by atoms with Gasteiger partial charge in [0.1, 0.15) is 0 Å². The largest absolute Gasteiger partial charge is 0.392 e. The molecule has 0 atom stereocenters. The molecule has 1 heterocycles. The van der Waals surface area contributed by atoms with Gasteiger partial charge in [0.25, 0.3) is 0 Å². The number of benzene rings is 1. The van der Waals surface area contributed by atoms with E-state index in [2.05, 4.69) is 4.90 Å². The Morgan fingerprint density at radius 3 is 2.62 bits per heavy atom. The highest BCUT2D eigenvalue weighted by molar-refractivity contribution is 6.32. The zero-order valence-corrected chi connectivity index (χ0v) is 9.91. The summed E-state index contributed by atoms with van der Waals surface area (Å²) < 4.78 is 5.30. The van der Waals surface area contributed by atoms with E-state index in [9.17, 15) is 0 Å². The maximum absolute atomic E-state index is 9.13. The third kappa shape index (κ3) is 2.74. The highest BCUT2D eigenvalue weighted by atomic mass is 35.5. The molecule has 0 bridgehead atoms. The predicted octanol–water partition coefficient (Wildman–Crippen LogP) is 1.66. The molecule has 0 aromatic heterocycles. The van der Waals surface area contributed by atoms with Gasteiger partial charge in [0, 0.05) is 19.6 Å². The fourth-order valence-electron chi connectivity index (χ4n) is 1.88. The number of ether oxygens (including phenoxy) is 1. The molecule has 1 aromatic rings. The standard InChI is InChI=1S/C12H16ClNO2/c13-12-10(2-1-3-11(12)9-15)8-14-4-6-16-7-5-14/h1-3,15H,4-9H2. The van der Waals surface area contributed by atoms with Crippen LogP contribution in [0.4, 0.5) is 0 Å². The molecule has 1 aliphatic heterocycles. The lowest BCUT2D eigenvalue weighted by Crippen LogP contribution is -2.35. The van der Waals surface area contributed by atoms with Gasteiger partial charge in [0.05, 0.1) is 24.8 Å². The van der Waals surface area contributed by atoms with Crippen LogP contribution in [0, 0.1) is 0 Å². The van der Waals surface area contributed by atoms with Gasteiger partial charge in [-0.2, -0.15) is 0 Å². The van der Waals surface area contributed by atoms with Crippen molar-refractivity contribution < 1.29 is 9.84 Å². The van der Waals surface area contributed by atoms with Gasteiger partial charge < -0.3 is 9.84 Å². The zero-order chi connectivity index (χ0) is 11.4. The fourth-order valence-corrected chi connectivity index (χ4v) is 2.12.